The normalized spacial score (nSPS) is 28.3. The summed E-state index contributed by atoms with van der Waals surface area (Å²) in [5.41, 5.74) is 1.19. The van der Waals surface area contributed by atoms with E-state index in [2.05, 4.69) is 4.90 Å². The highest BCUT2D eigenvalue weighted by molar-refractivity contribution is 5.17. The third-order valence-corrected chi connectivity index (χ3v) is 4.55. The summed E-state index contributed by atoms with van der Waals surface area (Å²) < 4.78 is 23.9. The number of benzene rings is 1. The summed E-state index contributed by atoms with van der Waals surface area (Å²) in [6, 6.07) is 7.43. The standard InChI is InChI=1S/C16H22FNO2/c1-19-16-6-7-18(15-10-20-11-15)9-13(16)8-12-2-4-14(17)5-3-12/h2-5,13,15-16H,6-11H2,1H3/t13-,16-/m1/s1. The monoisotopic (exact) mass is 279 g/mol. The fourth-order valence-corrected chi connectivity index (χ4v) is 3.23. The molecule has 20 heavy (non-hydrogen) atoms. The van der Waals surface area contributed by atoms with Crippen molar-refractivity contribution in [1.29, 1.82) is 0 Å². The number of piperidine rings is 1. The molecule has 0 saturated carbocycles. The molecule has 2 saturated heterocycles. The maximum Gasteiger partial charge on any atom is 0.123 e. The van der Waals surface area contributed by atoms with Gasteiger partial charge in [-0.3, -0.25) is 4.90 Å². The Hall–Kier alpha value is -0.970. The Kier molecular flexibility index (Phi) is 4.34. The molecule has 4 heteroatoms. The van der Waals surface area contributed by atoms with E-state index in [4.69, 9.17) is 9.47 Å². The molecule has 0 unspecified atom stereocenters. The van der Waals surface area contributed by atoms with Crippen LogP contribution in [0.1, 0.15) is 12.0 Å². The smallest absolute Gasteiger partial charge is 0.123 e. The zero-order valence-corrected chi connectivity index (χ0v) is 11.9. The van der Waals surface area contributed by atoms with Crippen LogP contribution in [0.2, 0.25) is 0 Å². The molecule has 0 aliphatic carbocycles. The summed E-state index contributed by atoms with van der Waals surface area (Å²) in [4.78, 5) is 2.52. The van der Waals surface area contributed by atoms with Gasteiger partial charge in [0.15, 0.2) is 0 Å². The maximum atomic E-state index is 13.0. The van der Waals surface area contributed by atoms with E-state index < -0.39 is 0 Å². The zero-order valence-electron chi connectivity index (χ0n) is 11.9. The van der Waals surface area contributed by atoms with E-state index in [1.165, 1.54) is 17.7 Å². The first-order chi connectivity index (χ1) is 9.76. The molecule has 0 radical (unpaired) electrons. The van der Waals surface area contributed by atoms with Gasteiger partial charge in [0, 0.05) is 26.1 Å². The molecule has 2 aliphatic heterocycles. The van der Waals surface area contributed by atoms with Crippen molar-refractivity contribution in [3.8, 4) is 0 Å². The summed E-state index contributed by atoms with van der Waals surface area (Å²) in [6.07, 6.45) is 2.32. The van der Waals surface area contributed by atoms with E-state index in [0.29, 0.717) is 18.1 Å². The minimum absolute atomic E-state index is 0.172. The van der Waals surface area contributed by atoms with Crippen LogP contribution in [0.15, 0.2) is 24.3 Å². The third-order valence-electron chi connectivity index (χ3n) is 4.55. The van der Waals surface area contributed by atoms with Crippen LogP contribution in [0, 0.1) is 11.7 Å². The minimum atomic E-state index is -0.172. The second-order valence-electron chi connectivity index (χ2n) is 5.84. The second-order valence-corrected chi connectivity index (χ2v) is 5.84. The van der Waals surface area contributed by atoms with Crippen molar-refractivity contribution in [2.45, 2.75) is 25.0 Å². The largest absolute Gasteiger partial charge is 0.381 e. The second kappa shape index (κ2) is 6.20. The molecule has 3 nitrogen and oxygen atoms in total. The van der Waals surface area contributed by atoms with Crippen molar-refractivity contribution in [2.75, 3.05) is 33.4 Å². The summed E-state index contributed by atoms with van der Waals surface area (Å²) in [5, 5.41) is 0. The number of halogens is 1. The van der Waals surface area contributed by atoms with Crippen molar-refractivity contribution in [2.24, 2.45) is 5.92 Å². The molecular formula is C16H22FNO2. The van der Waals surface area contributed by atoms with Crippen molar-refractivity contribution in [3.63, 3.8) is 0 Å². The van der Waals surface area contributed by atoms with Crippen LogP contribution in [0.25, 0.3) is 0 Å². The predicted molar refractivity (Wildman–Crippen MR) is 75.2 cm³/mol. The van der Waals surface area contributed by atoms with Gasteiger partial charge >= 0.3 is 0 Å². The Bertz CT molecular complexity index is 433. The van der Waals surface area contributed by atoms with Crippen LogP contribution < -0.4 is 0 Å². The minimum Gasteiger partial charge on any atom is -0.381 e. The van der Waals surface area contributed by atoms with Crippen molar-refractivity contribution >= 4 is 0 Å². The molecule has 3 rings (SSSR count). The first kappa shape index (κ1) is 14.0. The topological polar surface area (TPSA) is 21.7 Å². The van der Waals surface area contributed by atoms with E-state index in [9.17, 15) is 4.39 Å². The third kappa shape index (κ3) is 3.03. The average Bonchev–Trinajstić information content (AvgIpc) is 2.40. The van der Waals surface area contributed by atoms with Gasteiger partial charge in [0.1, 0.15) is 5.82 Å². The number of methoxy groups -OCH3 is 1. The first-order valence-electron chi connectivity index (χ1n) is 7.35. The number of hydrogen-bond donors (Lipinski definition) is 0. The Morgan fingerprint density at radius 1 is 1.30 bits per heavy atom. The highest BCUT2D eigenvalue weighted by Gasteiger charge is 2.35. The highest BCUT2D eigenvalue weighted by Crippen LogP contribution is 2.26. The van der Waals surface area contributed by atoms with Crippen LogP contribution in [0.3, 0.4) is 0 Å². The van der Waals surface area contributed by atoms with E-state index in [0.717, 1.165) is 39.1 Å². The maximum absolute atomic E-state index is 13.0. The Labute approximate surface area is 119 Å². The van der Waals surface area contributed by atoms with Crippen LogP contribution in [0.4, 0.5) is 4.39 Å². The van der Waals surface area contributed by atoms with Gasteiger partial charge in [-0.05, 0) is 30.5 Å². The lowest BCUT2D eigenvalue weighted by atomic mass is 9.87. The van der Waals surface area contributed by atoms with E-state index in [-0.39, 0.29) is 5.82 Å². The van der Waals surface area contributed by atoms with Gasteiger partial charge in [-0.2, -0.15) is 0 Å². The zero-order chi connectivity index (χ0) is 13.9. The molecule has 0 spiro atoms. The molecule has 2 atom stereocenters. The van der Waals surface area contributed by atoms with Crippen LogP contribution >= 0.6 is 0 Å². The highest BCUT2D eigenvalue weighted by atomic mass is 19.1. The molecule has 2 fully saturated rings. The molecule has 0 N–H and O–H groups in total. The van der Waals surface area contributed by atoms with Crippen LogP contribution in [-0.4, -0.2) is 50.5 Å². The fraction of sp³-hybridized carbons (Fsp3) is 0.625. The van der Waals surface area contributed by atoms with Gasteiger partial charge < -0.3 is 9.47 Å². The van der Waals surface area contributed by atoms with Gasteiger partial charge in [0.2, 0.25) is 0 Å². The average molecular weight is 279 g/mol. The Balaban J connectivity index is 1.65. The summed E-state index contributed by atoms with van der Waals surface area (Å²) in [7, 11) is 1.80. The molecule has 0 amide bonds. The number of rotatable bonds is 4. The predicted octanol–water partition coefficient (Wildman–Crippen LogP) is 2.10. The van der Waals surface area contributed by atoms with Crippen molar-refractivity contribution < 1.29 is 13.9 Å². The van der Waals surface area contributed by atoms with Gasteiger partial charge in [-0.25, -0.2) is 4.39 Å². The van der Waals surface area contributed by atoms with E-state index in [1.807, 2.05) is 12.1 Å². The first-order valence-corrected chi connectivity index (χ1v) is 7.35. The molecule has 1 aromatic carbocycles. The summed E-state index contributed by atoms with van der Waals surface area (Å²) in [6.45, 7) is 3.86. The lowest BCUT2D eigenvalue weighted by Crippen LogP contribution is -2.55. The van der Waals surface area contributed by atoms with Crippen molar-refractivity contribution in [1.82, 2.24) is 4.90 Å². The quantitative estimate of drug-likeness (QED) is 0.842. The molecule has 2 aliphatic rings. The number of ether oxygens (including phenoxy) is 2. The molecule has 2 heterocycles. The van der Waals surface area contributed by atoms with Crippen LogP contribution in [0.5, 0.6) is 0 Å². The van der Waals surface area contributed by atoms with Crippen molar-refractivity contribution in [3.05, 3.63) is 35.6 Å². The number of nitrogens with zero attached hydrogens (tertiary/aromatic N) is 1. The molecule has 1 aromatic rings. The SMILES string of the molecule is CO[C@@H]1CCN(C2COC2)C[C@H]1Cc1ccc(F)cc1. The number of likely N-dealkylation sites (tertiary alicyclic amines) is 1. The number of hydrogen-bond acceptors (Lipinski definition) is 3. The lowest BCUT2D eigenvalue weighted by Gasteiger charge is -2.44. The lowest BCUT2D eigenvalue weighted by molar-refractivity contribution is -0.0975. The van der Waals surface area contributed by atoms with Crippen LogP contribution in [-0.2, 0) is 15.9 Å². The summed E-state index contributed by atoms with van der Waals surface area (Å²) in [5.74, 6) is 0.300. The summed E-state index contributed by atoms with van der Waals surface area (Å²) >= 11 is 0. The Morgan fingerprint density at radius 3 is 2.65 bits per heavy atom. The van der Waals surface area contributed by atoms with Gasteiger partial charge in [0.25, 0.3) is 0 Å². The Morgan fingerprint density at radius 2 is 2.05 bits per heavy atom. The van der Waals surface area contributed by atoms with Gasteiger partial charge in [-0.1, -0.05) is 12.1 Å². The fourth-order valence-electron chi connectivity index (χ4n) is 3.23. The molecule has 110 valence electrons. The molecule has 0 aromatic heterocycles. The van der Waals surface area contributed by atoms with Gasteiger partial charge in [-0.15, -0.1) is 0 Å². The molecular weight excluding hydrogens is 257 g/mol. The van der Waals surface area contributed by atoms with E-state index in [1.54, 1.807) is 7.11 Å². The molecule has 0 bridgehead atoms. The van der Waals surface area contributed by atoms with Gasteiger partial charge in [0.05, 0.1) is 25.4 Å². The van der Waals surface area contributed by atoms with E-state index >= 15 is 0 Å².